The largest absolute Gasteiger partial charge is 0.487 e. The lowest BCUT2D eigenvalue weighted by molar-refractivity contribution is 0.304. The number of hydrogen-bond acceptors (Lipinski definition) is 4. The highest BCUT2D eigenvalue weighted by Crippen LogP contribution is 2.21. The summed E-state index contributed by atoms with van der Waals surface area (Å²) in [4.78, 5) is 4.32. The number of hydrogen-bond donors (Lipinski definition) is 1. The summed E-state index contributed by atoms with van der Waals surface area (Å²) >= 11 is 6.15. The van der Waals surface area contributed by atoms with Crippen LogP contribution in [0, 0.1) is 6.92 Å². The highest BCUT2D eigenvalue weighted by molar-refractivity contribution is 6.30. The molecule has 5 nitrogen and oxygen atoms in total. The maximum Gasteiger partial charge on any atom is 0.138 e. The molecule has 20 heavy (non-hydrogen) atoms. The van der Waals surface area contributed by atoms with Crippen LogP contribution < -0.4 is 10.5 Å². The maximum atomic E-state index is 6.15. The number of rotatable bonds is 5. The van der Waals surface area contributed by atoms with E-state index in [2.05, 4.69) is 10.1 Å². The van der Waals surface area contributed by atoms with Crippen molar-refractivity contribution in [3.63, 3.8) is 0 Å². The third-order valence-corrected chi connectivity index (χ3v) is 3.45. The van der Waals surface area contributed by atoms with Crippen molar-refractivity contribution in [3.8, 4) is 5.75 Å². The van der Waals surface area contributed by atoms with Gasteiger partial charge in [-0.15, -0.1) is 0 Å². The van der Waals surface area contributed by atoms with Crippen molar-refractivity contribution in [2.75, 3.05) is 0 Å². The Kier molecular flexibility index (Phi) is 4.62. The Hall–Kier alpha value is -1.59. The number of nitrogens with two attached hydrogens (primary N) is 1. The van der Waals surface area contributed by atoms with Crippen molar-refractivity contribution in [3.05, 3.63) is 40.4 Å². The molecule has 0 spiro atoms. The molecule has 2 heterocycles. The molecule has 0 bridgehead atoms. The second-order valence-corrected chi connectivity index (χ2v) is 5.29. The molecule has 0 aromatic carbocycles. The Labute approximate surface area is 123 Å². The van der Waals surface area contributed by atoms with Crippen molar-refractivity contribution in [1.29, 1.82) is 0 Å². The summed E-state index contributed by atoms with van der Waals surface area (Å²) in [6, 6.07) is 3.92. The van der Waals surface area contributed by atoms with Gasteiger partial charge in [0.05, 0.1) is 11.9 Å². The van der Waals surface area contributed by atoms with E-state index in [1.54, 1.807) is 10.9 Å². The Morgan fingerprint density at radius 3 is 2.70 bits per heavy atom. The van der Waals surface area contributed by atoms with Crippen LogP contribution in [0.2, 0.25) is 5.15 Å². The number of pyridine rings is 1. The summed E-state index contributed by atoms with van der Waals surface area (Å²) < 4.78 is 7.33. The zero-order valence-electron chi connectivity index (χ0n) is 11.9. The van der Waals surface area contributed by atoms with Crippen LogP contribution in [0.15, 0.2) is 18.3 Å². The van der Waals surface area contributed by atoms with Gasteiger partial charge < -0.3 is 10.5 Å². The quantitative estimate of drug-likeness (QED) is 0.918. The van der Waals surface area contributed by atoms with Crippen LogP contribution in [0.4, 0.5) is 0 Å². The Balaban J connectivity index is 2.00. The fraction of sp³-hybridized carbons (Fsp3) is 0.429. The van der Waals surface area contributed by atoms with E-state index in [9.17, 15) is 0 Å². The lowest BCUT2D eigenvalue weighted by Gasteiger charge is -2.08. The third kappa shape index (κ3) is 3.49. The summed E-state index contributed by atoms with van der Waals surface area (Å²) in [6.07, 6.45) is 2.46. The molecule has 2 rings (SSSR count). The van der Waals surface area contributed by atoms with E-state index in [0.29, 0.717) is 17.5 Å². The molecular formula is C14H19ClN4O. The molecule has 1 atom stereocenters. The normalized spacial score (nSPS) is 12.4. The number of aromatic nitrogens is 3. The summed E-state index contributed by atoms with van der Waals surface area (Å²) in [6.45, 7) is 4.25. The standard InChI is InChI=1S/C14H19ClN4O/c1-9(16)6-11-4-5-12(7-17-11)20-8-13-10(2)18-19(3)14(13)15/h4-5,7,9H,6,8,16H2,1-3H3. The van der Waals surface area contributed by atoms with Crippen LogP contribution in [0.5, 0.6) is 5.75 Å². The van der Waals surface area contributed by atoms with Gasteiger partial charge in [0, 0.05) is 30.8 Å². The van der Waals surface area contributed by atoms with E-state index in [-0.39, 0.29) is 6.04 Å². The molecule has 2 aromatic heterocycles. The van der Waals surface area contributed by atoms with Gasteiger partial charge in [0.15, 0.2) is 0 Å². The van der Waals surface area contributed by atoms with E-state index < -0.39 is 0 Å². The second-order valence-electron chi connectivity index (χ2n) is 4.93. The molecule has 0 aliphatic carbocycles. The summed E-state index contributed by atoms with van der Waals surface area (Å²) in [5.74, 6) is 0.706. The van der Waals surface area contributed by atoms with E-state index in [1.165, 1.54) is 0 Å². The summed E-state index contributed by atoms with van der Waals surface area (Å²) in [5, 5.41) is 4.85. The first-order valence-electron chi connectivity index (χ1n) is 6.48. The smallest absolute Gasteiger partial charge is 0.138 e. The predicted molar refractivity (Wildman–Crippen MR) is 78.9 cm³/mol. The molecule has 0 fully saturated rings. The van der Waals surface area contributed by atoms with Gasteiger partial charge in [0.2, 0.25) is 0 Å². The van der Waals surface area contributed by atoms with Crippen LogP contribution in [0.3, 0.4) is 0 Å². The highest BCUT2D eigenvalue weighted by atomic mass is 35.5. The highest BCUT2D eigenvalue weighted by Gasteiger charge is 2.11. The molecule has 1 unspecified atom stereocenters. The van der Waals surface area contributed by atoms with Gasteiger partial charge in [0.25, 0.3) is 0 Å². The molecular weight excluding hydrogens is 276 g/mol. The average Bonchev–Trinajstić information content (AvgIpc) is 2.62. The zero-order valence-corrected chi connectivity index (χ0v) is 12.7. The number of halogens is 1. The average molecular weight is 295 g/mol. The van der Waals surface area contributed by atoms with Gasteiger partial charge in [-0.25, -0.2) is 0 Å². The fourth-order valence-electron chi connectivity index (χ4n) is 1.94. The first-order chi connectivity index (χ1) is 9.47. The lowest BCUT2D eigenvalue weighted by atomic mass is 10.2. The summed E-state index contributed by atoms with van der Waals surface area (Å²) in [7, 11) is 1.81. The van der Waals surface area contributed by atoms with Crippen molar-refractivity contribution in [1.82, 2.24) is 14.8 Å². The van der Waals surface area contributed by atoms with E-state index in [0.717, 1.165) is 23.4 Å². The fourth-order valence-corrected chi connectivity index (χ4v) is 2.17. The first kappa shape index (κ1) is 14.8. The van der Waals surface area contributed by atoms with Crippen molar-refractivity contribution < 1.29 is 4.74 Å². The summed E-state index contributed by atoms with van der Waals surface area (Å²) in [5.41, 5.74) is 8.47. The van der Waals surface area contributed by atoms with E-state index in [1.807, 2.05) is 33.0 Å². The second kappa shape index (κ2) is 6.24. The molecule has 0 aliphatic rings. The van der Waals surface area contributed by atoms with E-state index >= 15 is 0 Å². The zero-order chi connectivity index (χ0) is 14.7. The van der Waals surface area contributed by atoms with Crippen LogP contribution in [-0.4, -0.2) is 20.8 Å². The Morgan fingerprint density at radius 2 is 2.20 bits per heavy atom. The number of ether oxygens (including phenoxy) is 1. The molecule has 0 saturated carbocycles. The predicted octanol–water partition coefficient (Wildman–Crippen LogP) is 2.25. The van der Waals surface area contributed by atoms with Gasteiger partial charge in [0.1, 0.15) is 17.5 Å². The van der Waals surface area contributed by atoms with Gasteiger partial charge in [-0.2, -0.15) is 5.10 Å². The van der Waals surface area contributed by atoms with Crippen LogP contribution in [-0.2, 0) is 20.1 Å². The molecule has 0 saturated heterocycles. The first-order valence-corrected chi connectivity index (χ1v) is 6.86. The van der Waals surface area contributed by atoms with Gasteiger partial charge in [-0.1, -0.05) is 11.6 Å². The Morgan fingerprint density at radius 1 is 1.45 bits per heavy atom. The minimum atomic E-state index is 0.103. The monoisotopic (exact) mass is 294 g/mol. The molecule has 0 amide bonds. The van der Waals surface area contributed by atoms with Gasteiger partial charge in [-0.3, -0.25) is 9.67 Å². The van der Waals surface area contributed by atoms with Crippen LogP contribution >= 0.6 is 11.6 Å². The van der Waals surface area contributed by atoms with Gasteiger partial charge >= 0.3 is 0 Å². The minimum Gasteiger partial charge on any atom is -0.487 e. The molecule has 0 aliphatic heterocycles. The SMILES string of the molecule is Cc1nn(C)c(Cl)c1COc1ccc(CC(C)N)nc1. The molecule has 108 valence electrons. The number of nitrogens with zero attached hydrogens (tertiary/aromatic N) is 3. The topological polar surface area (TPSA) is 66.0 Å². The Bertz CT molecular complexity index is 578. The number of aryl methyl sites for hydroxylation is 2. The van der Waals surface area contributed by atoms with Crippen molar-refractivity contribution in [2.45, 2.75) is 32.9 Å². The lowest BCUT2D eigenvalue weighted by Crippen LogP contribution is -2.18. The van der Waals surface area contributed by atoms with Crippen LogP contribution in [0.1, 0.15) is 23.9 Å². The minimum absolute atomic E-state index is 0.103. The molecule has 2 N–H and O–H groups in total. The molecule has 2 aromatic rings. The van der Waals surface area contributed by atoms with Crippen LogP contribution in [0.25, 0.3) is 0 Å². The molecule has 6 heteroatoms. The van der Waals surface area contributed by atoms with Crippen molar-refractivity contribution in [2.24, 2.45) is 12.8 Å². The molecule has 0 radical (unpaired) electrons. The third-order valence-electron chi connectivity index (χ3n) is 2.98. The van der Waals surface area contributed by atoms with Crippen molar-refractivity contribution >= 4 is 11.6 Å². The van der Waals surface area contributed by atoms with E-state index in [4.69, 9.17) is 22.1 Å². The maximum absolute atomic E-state index is 6.15. The van der Waals surface area contributed by atoms with Gasteiger partial charge in [-0.05, 0) is 26.0 Å².